The first kappa shape index (κ1) is 11.6. The van der Waals surface area contributed by atoms with E-state index in [0.29, 0.717) is 10.8 Å². The first-order valence-corrected chi connectivity index (χ1v) is 7.71. The van der Waals surface area contributed by atoms with Gasteiger partial charge in [-0.1, -0.05) is 24.3 Å². The van der Waals surface area contributed by atoms with Crippen LogP contribution in [0.1, 0.15) is 43.4 Å². The molecule has 2 aliphatic rings. The molecule has 0 amide bonds. The molecule has 1 aliphatic heterocycles. The van der Waals surface area contributed by atoms with Gasteiger partial charge in [-0.2, -0.15) is 11.8 Å². The van der Waals surface area contributed by atoms with E-state index < -0.39 is 0 Å². The highest BCUT2D eigenvalue weighted by atomic mass is 32.2. The number of benzene rings is 1. The second-order valence-corrected chi connectivity index (χ2v) is 7.26. The highest BCUT2D eigenvalue weighted by Gasteiger charge is 2.31. The zero-order valence-corrected chi connectivity index (χ0v) is 11.4. The third kappa shape index (κ3) is 2.38. The molecule has 2 atom stereocenters. The van der Waals surface area contributed by atoms with Crippen molar-refractivity contribution in [3.05, 3.63) is 35.4 Å². The molecule has 1 aromatic carbocycles. The third-order valence-electron chi connectivity index (χ3n) is 4.16. The fourth-order valence-electron chi connectivity index (χ4n) is 3.08. The first-order chi connectivity index (χ1) is 8.27. The summed E-state index contributed by atoms with van der Waals surface area (Å²) in [7, 11) is 0. The molecular weight excluding hydrogens is 226 g/mol. The Morgan fingerprint density at radius 2 is 2.29 bits per heavy atom. The molecule has 1 heterocycles. The number of hydrogen-bond donors (Lipinski definition) is 1. The van der Waals surface area contributed by atoms with Crippen molar-refractivity contribution < 1.29 is 0 Å². The van der Waals surface area contributed by atoms with Crippen molar-refractivity contribution in [2.75, 3.05) is 12.3 Å². The summed E-state index contributed by atoms with van der Waals surface area (Å²) >= 11 is 2.15. The summed E-state index contributed by atoms with van der Waals surface area (Å²) in [4.78, 5) is 0. The zero-order valence-electron chi connectivity index (χ0n) is 10.5. The summed E-state index contributed by atoms with van der Waals surface area (Å²) in [6, 6.07) is 9.51. The van der Waals surface area contributed by atoms with Crippen LogP contribution in [-0.2, 0) is 6.42 Å². The molecule has 1 aromatic rings. The van der Waals surface area contributed by atoms with Crippen LogP contribution >= 0.6 is 11.8 Å². The van der Waals surface area contributed by atoms with Crippen LogP contribution in [0.15, 0.2) is 24.3 Å². The van der Waals surface area contributed by atoms with Crippen LogP contribution in [0, 0.1) is 0 Å². The topological polar surface area (TPSA) is 12.0 Å². The third-order valence-corrected chi connectivity index (χ3v) is 5.69. The van der Waals surface area contributed by atoms with Crippen LogP contribution in [0.2, 0.25) is 0 Å². The lowest BCUT2D eigenvalue weighted by Crippen LogP contribution is -2.34. The highest BCUT2D eigenvalue weighted by Crippen LogP contribution is 2.38. The van der Waals surface area contributed by atoms with E-state index in [-0.39, 0.29) is 0 Å². The Labute approximate surface area is 108 Å². The number of rotatable bonds is 3. The summed E-state index contributed by atoms with van der Waals surface area (Å²) < 4.78 is 0.484. The normalized spacial score (nSPS) is 31.7. The van der Waals surface area contributed by atoms with Crippen LogP contribution in [0.4, 0.5) is 0 Å². The first-order valence-electron chi connectivity index (χ1n) is 6.72. The summed E-state index contributed by atoms with van der Waals surface area (Å²) in [6.45, 7) is 3.58. The summed E-state index contributed by atoms with van der Waals surface area (Å²) in [5.74, 6) is 1.35. The van der Waals surface area contributed by atoms with E-state index in [4.69, 9.17) is 0 Å². The molecule has 1 nitrogen and oxygen atoms in total. The Morgan fingerprint density at radius 3 is 3.12 bits per heavy atom. The van der Waals surface area contributed by atoms with Gasteiger partial charge in [-0.3, -0.25) is 0 Å². The number of aryl methyl sites for hydroxylation is 1. The fraction of sp³-hybridized carbons (Fsp3) is 0.600. The van der Waals surface area contributed by atoms with Crippen LogP contribution in [-0.4, -0.2) is 17.0 Å². The number of thioether (sulfide) groups is 1. The predicted molar refractivity (Wildman–Crippen MR) is 75.6 cm³/mol. The molecule has 1 fully saturated rings. The van der Waals surface area contributed by atoms with Gasteiger partial charge in [0, 0.05) is 17.3 Å². The summed E-state index contributed by atoms with van der Waals surface area (Å²) in [6.07, 6.45) is 5.29. The largest absolute Gasteiger partial charge is 0.309 e. The average Bonchev–Trinajstić information content (AvgIpc) is 2.94. The van der Waals surface area contributed by atoms with Gasteiger partial charge in [-0.25, -0.2) is 0 Å². The molecule has 3 rings (SSSR count). The number of fused-ring (bicyclic) bond motifs is 1. The molecule has 1 saturated heterocycles. The quantitative estimate of drug-likeness (QED) is 0.876. The molecule has 0 aromatic heterocycles. The second kappa shape index (κ2) is 4.66. The van der Waals surface area contributed by atoms with Gasteiger partial charge in [-0.15, -0.1) is 0 Å². The molecule has 17 heavy (non-hydrogen) atoms. The van der Waals surface area contributed by atoms with Crippen LogP contribution < -0.4 is 5.32 Å². The van der Waals surface area contributed by atoms with Crippen LogP contribution in [0.5, 0.6) is 0 Å². The monoisotopic (exact) mass is 247 g/mol. The summed E-state index contributed by atoms with van der Waals surface area (Å²) in [5.41, 5.74) is 3.09. The van der Waals surface area contributed by atoms with E-state index in [9.17, 15) is 0 Å². The van der Waals surface area contributed by atoms with Gasteiger partial charge in [0.1, 0.15) is 0 Å². The molecule has 92 valence electrons. The van der Waals surface area contributed by atoms with Gasteiger partial charge in [-0.05, 0) is 49.5 Å². The fourth-order valence-corrected chi connectivity index (χ4v) is 4.34. The highest BCUT2D eigenvalue weighted by molar-refractivity contribution is 8.00. The molecule has 0 saturated carbocycles. The van der Waals surface area contributed by atoms with Crippen molar-refractivity contribution in [2.45, 2.75) is 43.4 Å². The van der Waals surface area contributed by atoms with E-state index in [1.54, 1.807) is 11.1 Å². The van der Waals surface area contributed by atoms with Crippen LogP contribution in [0.25, 0.3) is 0 Å². The molecule has 1 N–H and O–H groups in total. The van der Waals surface area contributed by atoms with Gasteiger partial charge in [0.05, 0.1) is 0 Å². The van der Waals surface area contributed by atoms with Gasteiger partial charge in [0.25, 0.3) is 0 Å². The Kier molecular flexibility index (Phi) is 3.18. The van der Waals surface area contributed by atoms with Gasteiger partial charge < -0.3 is 5.32 Å². The van der Waals surface area contributed by atoms with Gasteiger partial charge in [0.2, 0.25) is 0 Å². The van der Waals surface area contributed by atoms with Crippen molar-refractivity contribution in [3.63, 3.8) is 0 Å². The van der Waals surface area contributed by atoms with Crippen LogP contribution in [0.3, 0.4) is 0 Å². The Hall–Kier alpha value is -0.470. The predicted octanol–water partition coefficient (Wildman–Crippen LogP) is 3.55. The number of hydrogen-bond acceptors (Lipinski definition) is 2. The lowest BCUT2D eigenvalue weighted by Gasteiger charge is -2.26. The lowest BCUT2D eigenvalue weighted by molar-refractivity contribution is 0.469. The smallest absolute Gasteiger partial charge is 0.0326 e. The molecular formula is C15H21NS. The Bertz CT molecular complexity index is 396. The van der Waals surface area contributed by atoms with Gasteiger partial charge in [0.15, 0.2) is 0 Å². The van der Waals surface area contributed by atoms with Crippen molar-refractivity contribution >= 4 is 11.8 Å². The number of nitrogens with one attached hydrogen (secondary N) is 1. The molecule has 0 spiro atoms. The van der Waals surface area contributed by atoms with Crippen molar-refractivity contribution in [2.24, 2.45) is 0 Å². The second-order valence-electron chi connectivity index (χ2n) is 5.57. The standard InChI is InChI=1S/C15H21NS/c1-15(9-4-10-17-15)11-16-14-8-7-12-5-2-3-6-13(12)14/h2-3,5-6,14,16H,4,7-11H2,1H3. The van der Waals surface area contributed by atoms with Crippen molar-refractivity contribution in [1.82, 2.24) is 5.32 Å². The molecule has 2 unspecified atom stereocenters. The molecule has 0 bridgehead atoms. The minimum absolute atomic E-state index is 0.484. The lowest BCUT2D eigenvalue weighted by atomic mass is 10.0. The van der Waals surface area contributed by atoms with Crippen molar-refractivity contribution in [3.8, 4) is 0 Å². The minimum atomic E-state index is 0.484. The SMILES string of the molecule is CC1(CNC2CCc3ccccc32)CCCS1. The Balaban J connectivity index is 1.64. The average molecular weight is 247 g/mol. The zero-order chi connectivity index (χ0) is 11.7. The maximum absolute atomic E-state index is 3.80. The van der Waals surface area contributed by atoms with Crippen molar-refractivity contribution in [1.29, 1.82) is 0 Å². The minimum Gasteiger partial charge on any atom is -0.309 e. The van der Waals surface area contributed by atoms with E-state index in [2.05, 4.69) is 48.3 Å². The Morgan fingerprint density at radius 1 is 1.41 bits per heavy atom. The molecule has 0 radical (unpaired) electrons. The van der Waals surface area contributed by atoms with E-state index in [1.165, 1.54) is 31.4 Å². The van der Waals surface area contributed by atoms with E-state index in [0.717, 1.165) is 6.54 Å². The maximum Gasteiger partial charge on any atom is 0.0326 e. The van der Waals surface area contributed by atoms with Gasteiger partial charge >= 0.3 is 0 Å². The molecule has 2 heteroatoms. The summed E-state index contributed by atoms with van der Waals surface area (Å²) in [5, 5.41) is 3.80. The van der Waals surface area contributed by atoms with E-state index in [1.807, 2.05) is 0 Å². The van der Waals surface area contributed by atoms with E-state index >= 15 is 0 Å². The molecule has 1 aliphatic carbocycles. The maximum atomic E-state index is 3.80.